The van der Waals surface area contributed by atoms with Gasteiger partial charge >= 0.3 is 6.18 Å². The number of alkyl halides is 3. The Labute approximate surface area is 173 Å². The smallest absolute Gasteiger partial charge is 0.300 e. The van der Waals surface area contributed by atoms with Crippen LogP contribution in [0.3, 0.4) is 0 Å². The van der Waals surface area contributed by atoms with Crippen LogP contribution in [0, 0.1) is 0 Å². The molecule has 1 N–H and O–H groups in total. The summed E-state index contributed by atoms with van der Waals surface area (Å²) in [6.45, 7) is 4.95. The van der Waals surface area contributed by atoms with Crippen molar-refractivity contribution in [2.45, 2.75) is 39.3 Å². The van der Waals surface area contributed by atoms with Crippen molar-refractivity contribution in [1.29, 1.82) is 0 Å². The first-order valence-electron chi connectivity index (χ1n) is 8.83. The molecular formula is C18H17F3N6O2S. The monoisotopic (exact) mass is 438 g/mol. The number of nitrogens with one attached hydrogen (secondary N) is 1. The number of anilines is 1. The highest BCUT2D eigenvalue weighted by Crippen LogP contribution is 2.31. The van der Waals surface area contributed by atoms with Gasteiger partial charge in [0.15, 0.2) is 11.5 Å². The van der Waals surface area contributed by atoms with Crippen LogP contribution in [-0.2, 0) is 17.4 Å². The van der Waals surface area contributed by atoms with Crippen LogP contribution < -0.4 is 5.32 Å². The van der Waals surface area contributed by atoms with E-state index in [4.69, 9.17) is 0 Å². The van der Waals surface area contributed by atoms with E-state index in [2.05, 4.69) is 25.0 Å². The van der Waals surface area contributed by atoms with Crippen molar-refractivity contribution in [3.05, 3.63) is 47.0 Å². The van der Waals surface area contributed by atoms with Crippen molar-refractivity contribution in [3.8, 4) is 5.69 Å². The van der Waals surface area contributed by atoms with Gasteiger partial charge in [-0.2, -0.15) is 17.5 Å². The van der Waals surface area contributed by atoms with E-state index < -0.39 is 17.6 Å². The predicted octanol–water partition coefficient (Wildman–Crippen LogP) is 3.64. The normalized spacial score (nSPS) is 11.7. The van der Waals surface area contributed by atoms with Gasteiger partial charge in [0.2, 0.25) is 5.13 Å². The van der Waals surface area contributed by atoms with Crippen LogP contribution in [0.1, 0.15) is 54.3 Å². The maximum absolute atomic E-state index is 13.1. The summed E-state index contributed by atoms with van der Waals surface area (Å²) >= 11 is 0.911. The molecule has 0 saturated heterocycles. The second kappa shape index (κ2) is 8.30. The van der Waals surface area contributed by atoms with Crippen molar-refractivity contribution < 1.29 is 22.8 Å². The molecule has 0 atom stereocenters. The molecule has 0 aliphatic carbocycles. The number of rotatable bonds is 6. The lowest BCUT2D eigenvalue weighted by molar-refractivity contribution is -0.137. The Balaban J connectivity index is 1.92. The molecule has 12 heteroatoms. The molecule has 2 aromatic heterocycles. The van der Waals surface area contributed by atoms with Crippen LogP contribution in [0.4, 0.5) is 18.3 Å². The highest BCUT2D eigenvalue weighted by Gasteiger charge is 2.31. The minimum atomic E-state index is -4.51. The first kappa shape index (κ1) is 21.6. The van der Waals surface area contributed by atoms with Gasteiger partial charge in [-0.15, -0.1) is 5.10 Å². The Morgan fingerprint density at radius 1 is 1.27 bits per heavy atom. The molecule has 0 spiro atoms. The summed E-state index contributed by atoms with van der Waals surface area (Å²) in [6, 6.07) is 4.62. The Morgan fingerprint density at radius 2 is 2.00 bits per heavy atom. The van der Waals surface area contributed by atoms with E-state index in [1.54, 1.807) is 13.8 Å². The molecule has 0 radical (unpaired) electrons. The standard InChI is InChI=1S/C18H17F3N6O2S/c1-9(2)15-14(16(29)23-17-22-13(25-30-17)7-10(3)28)24-26-27(15)12-6-4-5-11(8-12)18(19,20)21/h4-6,8-9H,7H2,1-3H3,(H,22,23,25,29). The van der Waals surface area contributed by atoms with E-state index in [-0.39, 0.29) is 34.6 Å². The van der Waals surface area contributed by atoms with E-state index in [0.717, 1.165) is 23.7 Å². The summed E-state index contributed by atoms with van der Waals surface area (Å²) in [5.41, 5.74) is -0.381. The molecule has 3 rings (SSSR count). The lowest BCUT2D eigenvalue weighted by Gasteiger charge is -2.13. The fourth-order valence-corrected chi connectivity index (χ4v) is 3.31. The van der Waals surface area contributed by atoms with Crippen LogP contribution in [0.2, 0.25) is 0 Å². The second-order valence-corrected chi connectivity index (χ2v) is 7.54. The summed E-state index contributed by atoms with van der Waals surface area (Å²) in [6.07, 6.45) is -4.46. The van der Waals surface area contributed by atoms with E-state index in [1.165, 1.54) is 23.7 Å². The van der Waals surface area contributed by atoms with Gasteiger partial charge in [0.05, 0.1) is 23.4 Å². The number of carbonyl (C=O) groups is 2. The lowest BCUT2D eigenvalue weighted by atomic mass is 10.1. The summed E-state index contributed by atoms with van der Waals surface area (Å²) in [4.78, 5) is 27.9. The van der Waals surface area contributed by atoms with E-state index in [0.29, 0.717) is 11.5 Å². The number of halogens is 3. The third-order valence-corrected chi connectivity index (χ3v) is 4.65. The molecule has 1 amide bonds. The third-order valence-electron chi connectivity index (χ3n) is 3.98. The number of carbonyl (C=O) groups excluding carboxylic acids is 2. The quantitative estimate of drug-likeness (QED) is 0.630. The maximum atomic E-state index is 13.1. The Kier molecular flexibility index (Phi) is 5.97. The van der Waals surface area contributed by atoms with Crippen molar-refractivity contribution in [2.75, 3.05) is 5.32 Å². The van der Waals surface area contributed by atoms with Crippen LogP contribution >= 0.6 is 11.5 Å². The summed E-state index contributed by atoms with van der Waals surface area (Å²) in [5, 5.41) is 10.5. The largest absolute Gasteiger partial charge is 0.416 e. The molecule has 1 aromatic carbocycles. The fourth-order valence-electron chi connectivity index (χ4n) is 2.73. The number of hydrogen-bond donors (Lipinski definition) is 1. The minimum Gasteiger partial charge on any atom is -0.300 e. The van der Waals surface area contributed by atoms with Gasteiger partial charge in [-0.25, -0.2) is 9.67 Å². The molecule has 158 valence electrons. The van der Waals surface area contributed by atoms with E-state index in [9.17, 15) is 22.8 Å². The van der Waals surface area contributed by atoms with E-state index in [1.807, 2.05) is 0 Å². The van der Waals surface area contributed by atoms with Crippen LogP contribution in [0.15, 0.2) is 24.3 Å². The molecule has 0 fully saturated rings. The van der Waals surface area contributed by atoms with Gasteiger partial charge in [0.1, 0.15) is 5.78 Å². The second-order valence-electron chi connectivity index (χ2n) is 6.79. The zero-order chi connectivity index (χ0) is 22.1. The molecule has 0 saturated carbocycles. The molecule has 0 aliphatic heterocycles. The average Bonchev–Trinajstić information content (AvgIpc) is 3.27. The fraction of sp³-hybridized carbons (Fsp3) is 0.333. The van der Waals surface area contributed by atoms with Crippen LogP contribution in [-0.4, -0.2) is 36.0 Å². The van der Waals surface area contributed by atoms with Gasteiger partial charge in [0, 0.05) is 11.5 Å². The number of hydrogen-bond acceptors (Lipinski definition) is 7. The highest BCUT2D eigenvalue weighted by molar-refractivity contribution is 7.09. The van der Waals surface area contributed by atoms with Gasteiger partial charge in [-0.1, -0.05) is 25.1 Å². The van der Waals surface area contributed by atoms with Crippen molar-refractivity contribution in [3.63, 3.8) is 0 Å². The molecule has 3 aromatic rings. The number of Topliss-reactive ketones (excluding diaryl/α,β-unsaturated/α-hetero) is 1. The SMILES string of the molecule is CC(=O)Cc1nsc(NC(=O)c2nnn(-c3cccc(C(F)(F)F)c3)c2C(C)C)n1. The number of aromatic nitrogens is 5. The highest BCUT2D eigenvalue weighted by atomic mass is 32.1. The summed E-state index contributed by atoms with van der Waals surface area (Å²) < 4.78 is 44.4. The summed E-state index contributed by atoms with van der Waals surface area (Å²) in [7, 11) is 0. The molecule has 2 heterocycles. The molecule has 8 nitrogen and oxygen atoms in total. The molecule has 0 unspecified atom stereocenters. The van der Waals surface area contributed by atoms with Crippen LogP contribution in [0.5, 0.6) is 0 Å². The Bertz CT molecular complexity index is 1090. The first-order valence-corrected chi connectivity index (χ1v) is 9.60. The van der Waals surface area contributed by atoms with Gasteiger partial charge in [0.25, 0.3) is 5.91 Å². The van der Waals surface area contributed by atoms with E-state index >= 15 is 0 Å². The molecule has 0 aliphatic rings. The van der Waals surface area contributed by atoms with Crippen LogP contribution in [0.25, 0.3) is 5.69 Å². The average molecular weight is 438 g/mol. The minimum absolute atomic E-state index is 0.0364. The zero-order valence-corrected chi connectivity index (χ0v) is 17.0. The Hall–Kier alpha value is -3.15. The Morgan fingerprint density at radius 3 is 2.63 bits per heavy atom. The topological polar surface area (TPSA) is 103 Å². The van der Waals surface area contributed by atoms with Gasteiger partial charge < -0.3 is 0 Å². The third kappa shape index (κ3) is 4.70. The van der Waals surface area contributed by atoms with Gasteiger partial charge in [-0.3, -0.25) is 14.9 Å². The van der Waals surface area contributed by atoms with Crippen molar-refractivity contribution in [1.82, 2.24) is 24.4 Å². The first-order chi connectivity index (χ1) is 14.1. The zero-order valence-electron chi connectivity index (χ0n) is 16.2. The lowest BCUT2D eigenvalue weighted by Crippen LogP contribution is -2.16. The van der Waals surface area contributed by atoms with Crippen molar-refractivity contribution in [2.24, 2.45) is 0 Å². The summed E-state index contributed by atoms with van der Waals surface area (Å²) in [5.74, 6) is -0.711. The molecular weight excluding hydrogens is 421 g/mol. The maximum Gasteiger partial charge on any atom is 0.416 e. The number of benzene rings is 1. The molecule has 0 bridgehead atoms. The predicted molar refractivity (Wildman–Crippen MR) is 103 cm³/mol. The van der Waals surface area contributed by atoms with Gasteiger partial charge in [-0.05, 0) is 31.0 Å². The van der Waals surface area contributed by atoms with Crippen molar-refractivity contribution >= 4 is 28.4 Å². The number of amides is 1. The molecule has 30 heavy (non-hydrogen) atoms. The number of ketones is 1. The number of nitrogens with zero attached hydrogens (tertiary/aromatic N) is 5.